The summed E-state index contributed by atoms with van der Waals surface area (Å²) < 4.78 is 7.08. The second-order valence-corrected chi connectivity index (χ2v) is 1.20. The summed E-state index contributed by atoms with van der Waals surface area (Å²) in [7, 11) is 0. The molecule has 0 spiro atoms. The quantitative estimate of drug-likeness (QED) is 0.475. The Morgan fingerprint density at radius 1 is 1.14 bits per heavy atom. The number of rotatable bonds is 0. The van der Waals surface area contributed by atoms with Crippen molar-refractivity contribution < 1.29 is 1.37 Å². The minimum Gasteiger partial charge on any atom is -0.368 e. The molecule has 0 atom stereocenters. The predicted octanol–water partition coefficient (Wildman–Crippen LogP) is 1.17. The van der Waals surface area contributed by atoms with Crippen molar-refractivity contribution >= 4 is 0 Å². The highest BCUT2D eigenvalue weighted by Crippen LogP contribution is 1.81. The van der Waals surface area contributed by atoms with Gasteiger partial charge in [-0.25, -0.2) is 0 Å². The van der Waals surface area contributed by atoms with E-state index in [1.807, 2.05) is 12.2 Å². The largest absolute Gasteiger partial charge is 0.368 e. The van der Waals surface area contributed by atoms with Crippen molar-refractivity contribution in [2.24, 2.45) is 0 Å². The standard InChI is InChI=1S/C6H7N/c1-2-4-6-7-5-3-1/h1-7H/i3D. The Balaban J connectivity index is 2.69. The van der Waals surface area contributed by atoms with Crippen LogP contribution in [0.5, 0.6) is 0 Å². The summed E-state index contributed by atoms with van der Waals surface area (Å²) >= 11 is 0. The smallest absolute Gasteiger partial charge is 0.0638 e. The molecule has 0 saturated carbocycles. The lowest BCUT2D eigenvalue weighted by Crippen LogP contribution is -1.87. The Labute approximate surface area is 44.4 Å². The summed E-state index contributed by atoms with van der Waals surface area (Å²) in [6.07, 6.45) is 8.78. The van der Waals surface area contributed by atoms with Crippen LogP contribution in [0.3, 0.4) is 0 Å². The van der Waals surface area contributed by atoms with E-state index >= 15 is 0 Å². The fourth-order valence-electron chi connectivity index (χ4n) is 0.367. The van der Waals surface area contributed by atoms with Crippen LogP contribution >= 0.6 is 0 Å². The third-order valence-corrected chi connectivity index (χ3v) is 0.663. The van der Waals surface area contributed by atoms with E-state index < -0.39 is 0 Å². The highest BCUT2D eigenvalue weighted by Gasteiger charge is 1.67. The number of allylic oxidation sites excluding steroid dienone is 4. The maximum atomic E-state index is 7.08. The third-order valence-electron chi connectivity index (χ3n) is 0.663. The van der Waals surface area contributed by atoms with Gasteiger partial charge >= 0.3 is 0 Å². The first kappa shape index (κ1) is 3.08. The molecule has 0 unspecified atom stereocenters. The lowest BCUT2D eigenvalue weighted by Gasteiger charge is -1.79. The average Bonchev–Trinajstić information content (AvgIpc) is 1.94. The van der Waals surface area contributed by atoms with Gasteiger partial charge in [0.1, 0.15) is 0 Å². The average molecular weight is 94.1 g/mol. The molecular weight excluding hydrogens is 86.1 g/mol. The van der Waals surface area contributed by atoms with Crippen LogP contribution in [0.4, 0.5) is 0 Å². The van der Waals surface area contributed by atoms with E-state index in [9.17, 15) is 0 Å². The molecular formula is C6H7N. The number of hydrogen-bond donors (Lipinski definition) is 1. The van der Waals surface area contributed by atoms with Crippen LogP contribution in [0.25, 0.3) is 0 Å². The molecule has 0 bridgehead atoms. The lowest BCUT2D eigenvalue weighted by atomic mass is 10.5. The van der Waals surface area contributed by atoms with Crippen LogP contribution in [0.2, 0.25) is 0 Å². The normalized spacial score (nSPS) is 19.4. The van der Waals surface area contributed by atoms with Crippen molar-refractivity contribution in [2.45, 2.75) is 0 Å². The molecule has 0 saturated heterocycles. The Morgan fingerprint density at radius 2 is 2.14 bits per heavy atom. The topological polar surface area (TPSA) is 12.0 Å². The maximum Gasteiger partial charge on any atom is 0.0638 e. The molecule has 7 heavy (non-hydrogen) atoms. The Bertz CT molecular complexity index is 153. The molecule has 0 aromatic carbocycles. The van der Waals surface area contributed by atoms with E-state index in [1.54, 1.807) is 18.5 Å². The summed E-state index contributed by atoms with van der Waals surface area (Å²) in [4.78, 5) is 0. The minimum absolute atomic E-state index is 0.495. The van der Waals surface area contributed by atoms with Gasteiger partial charge in [-0.3, -0.25) is 0 Å². The molecule has 1 N–H and O–H groups in total. The minimum atomic E-state index is 0.495. The van der Waals surface area contributed by atoms with Crippen LogP contribution in [-0.2, 0) is 0 Å². The molecule has 0 aromatic heterocycles. The van der Waals surface area contributed by atoms with Crippen molar-refractivity contribution in [1.29, 1.82) is 0 Å². The molecule has 1 aliphatic heterocycles. The van der Waals surface area contributed by atoms with Gasteiger partial charge in [-0.2, -0.15) is 0 Å². The summed E-state index contributed by atoms with van der Waals surface area (Å²) in [5.41, 5.74) is 0. The van der Waals surface area contributed by atoms with Gasteiger partial charge in [-0.05, 0) is 12.1 Å². The van der Waals surface area contributed by atoms with Crippen LogP contribution < -0.4 is 5.32 Å². The van der Waals surface area contributed by atoms with Crippen molar-refractivity contribution in [3.8, 4) is 0 Å². The molecule has 0 aromatic rings. The van der Waals surface area contributed by atoms with Gasteiger partial charge in [0.25, 0.3) is 0 Å². The van der Waals surface area contributed by atoms with Crippen molar-refractivity contribution in [3.63, 3.8) is 0 Å². The molecule has 0 radical (unpaired) electrons. The summed E-state index contributed by atoms with van der Waals surface area (Å²) in [6, 6.07) is 0.495. The van der Waals surface area contributed by atoms with E-state index in [-0.39, 0.29) is 0 Å². The monoisotopic (exact) mass is 94.1 g/mol. The Kier molecular flexibility index (Phi) is 0.984. The van der Waals surface area contributed by atoms with Gasteiger partial charge < -0.3 is 5.32 Å². The predicted molar refractivity (Wildman–Crippen MR) is 30.6 cm³/mol. The summed E-state index contributed by atoms with van der Waals surface area (Å²) in [5, 5.41) is 2.80. The zero-order valence-corrected chi connectivity index (χ0v) is 3.89. The summed E-state index contributed by atoms with van der Waals surface area (Å²) in [5.74, 6) is 0. The molecule has 1 nitrogen and oxygen atoms in total. The number of hydrogen-bond acceptors (Lipinski definition) is 1. The summed E-state index contributed by atoms with van der Waals surface area (Å²) in [6.45, 7) is 0. The van der Waals surface area contributed by atoms with Gasteiger partial charge in [-0.15, -0.1) is 0 Å². The molecule has 0 amide bonds. The van der Waals surface area contributed by atoms with Crippen LogP contribution in [-0.4, -0.2) is 0 Å². The highest BCUT2D eigenvalue weighted by atomic mass is 14.8. The van der Waals surface area contributed by atoms with E-state index in [1.165, 1.54) is 0 Å². The second-order valence-electron chi connectivity index (χ2n) is 1.20. The van der Waals surface area contributed by atoms with Crippen molar-refractivity contribution in [1.82, 2.24) is 5.32 Å². The first-order valence-corrected chi connectivity index (χ1v) is 2.15. The fourth-order valence-corrected chi connectivity index (χ4v) is 0.367. The van der Waals surface area contributed by atoms with Gasteiger partial charge in [0, 0.05) is 12.4 Å². The molecule has 36 valence electrons. The second kappa shape index (κ2) is 2.24. The highest BCUT2D eigenvalue weighted by molar-refractivity contribution is 5.14. The van der Waals surface area contributed by atoms with Crippen molar-refractivity contribution in [2.75, 3.05) is 0 Å². The van der Waals surface area contributed by atoms with Gasteiger partial charge in [0.05, 0.1) is 1.37 Å². The molecule has 0 aliphatic carbocycles. The van der Waals surface area contributed by atoms with E-state index in [4.69, 9.17) is 1.37 Å². The van der Waals surface area contributed by atoms with Crippen LogP contribution in [0.1, 0.15) is 1.37 Å². The van der Waals surface area contributed by atoms with Gasteiger partial charge in [0.2, 0.25) is 0 Å². The zero-order valence-electron chi connectivity index (χ0n) is 4.89. The first-order chi connectivity index (χ1) is 3.89. The Hall–Kier alpha value is -0.980. The molecule has 0 fully saturated rings. The molecule has 1 heteroatoms. The maximum absolute atomic E-state index is 7.08. The van der Waals surface area contributed by atoms with Gasteiger partial charge in [0.15, 0.2) is 0 Å². The number of nitrogens with one attached hydrogen (secondary N) is 1. The van der Waals surface area contributed by atoms with E-state index in [2.05, 4.69) is 5.32 Å². The molecule has 1 rings (SSSR count). The van der Waals surface area contributed by atoms with E-state index in [0.29, 0.717) is 6.05 Å². The SMILES string of the molecule is [2H]C1=CNC=CC=C1. The lowest BCUT2D eigenvalue weighted by molar-refractivity contribution is 1.20. The first-order valence-electron chi connectivity index (χ1n) is 2.65. The zero-order chi connectivity index (χ0) is 5.82. The third kappa shape index (κ3) is 1.26. The molecule has 1 heterocycles. The van der Waals surface area contributed by atoms with Crippen molar-refractivity contribution in [3.05, 3.63) is 36.7 Å². The molecule has 1 aliphatic rings. The van der Waals surface area contributed by atoms with Crippen LogP contribution in [0.15, 0.2) is 36.7 Å². The fraction of sp³-hybridized carbons (Fsp3) is 0. The van der Waals surface area contributed by atoms with Gasteiger partial charge in [-0.1, -0.05) is 12.2 Å². The van der Waals surface area contributed by atoms with Crippen LogP contribution in [0, 0.1) is 0 Å². The van der Waals surface area contributed by atoms with E-state index in [0.717, 1.165) is 0 Å². The Morgan fingerprint density at radius 3 is 3.14 bits per heavy atom.